The number of rotatable bonds is 1. The van der Waals surface area contributed by atoms with E-state index in [9.17, 15) is 4.79 Å². The van der Waals surface area contributed by atoms with Crippen molar-refractivity contribution >= 4 is 6.09 Å². The number of amides is 1. The van der Waals surface area contributed by atoms with E-state index in [1.54, 1.807) is 0 Å². The Morgan fingerprint density at radius 1 is 1.82 bits per heavy atom. The average molecular weight is 159 g/mol. The Morgan fingerprint density at radius 2 is 2.45 bits per heavy atom. The molecule has 1 aliphatic rings. The van der Waals surface area contributed by atoms with Gasteiger partial charge in [-0.15, -0.1) is 0 Å². The van der Waals surface area contributed by atoms with Gasteiger partial charge in [-0.05, 0) is 19.9 Å². The van der Waals surface area contributed by atoms with Crippen LogP contribution in [0.25, 0.3) is 0 Å². The van der Waals surface area contributed by atoms with E-state index in [4.69, 9.17) is 10.9 Å². The fourth-order valence-electron chi connectivity index (χ4n) is 1.24. The molecular formula is C6H13N3O2. The Hall–Kier alpha value is -0.810. The topological polar surface area (TPSA) is 78.6 Å². The van der Waals surface area contributed by atoms with Gasteiger partial charge in [-0.3, -0.25) is 0 Å². The zero-order valence-electron chi connectivity index (χ0n) is 6.50. The van der Waals surface area contributed by atoms with Crippen LogP contribution < -0.4 is 11.2 Å². The lowest BCUT2D eigenvalue weighted by Crippen LogP contribution is -2.54. The molecule has 1 saturated heterocycles. The predicted octanol–water partition coefficient (Wildman–Crippen LogP) is -0.408. The molecule has 0 aromatic heterocycles. The van der Waals surface area contributed by atoms with Gasteiger partial charge >= 0.3 is 6.09 Å². The normalized spacial score (nSPS) is 30.4. The number of carboxylic acid groups (broad SMARTS) is 1. The van der Waals surface area contributed by atoms with E-state index in [1.165, 1.54) is 0 Å². The molecular weight excluding hydrogens is 146 g/mol. The monoisotopic (exact) mass is 159 g/mol. The van der Waals surface area contributed by atoms with E-state index in [2.05, 4.69) is 5.32 Å². The maximum absolute atomic E-state index is 10.5. The summed E-state index contributed by atoms with van der Waals surface area (Å²) in [6, 6.07) is 0. The van der Waals surface area contributed by atoms with Crippen LogP contribution in [0.1, 0.15) is 13.3 Å². The van der Waals surface area contributed by atoms with Crippen LogP contribution in [0.4, 0.5) is 4.79 Å². The van der Waals surface area contributed by atoms with Gasteiger partial charge in [0.25, 0.3) is 0 Å². The van der Waals surface area contributed by atoms with Crippen molar-refractivity contribution in [2.75, 3.05) is 13.1 Å². The van der Waals surface area contributed by atoms with Crippen molar-refractivity contribution in [2.45, 2.75) is 18.9 Å². The van der Waals surface area contributed by atoms with Crippen molar-refractivity contribution < 1.29 is 9.90 Å². The fraction of sp³-hybridized carbons (Fsp3) is 0.833. The third-order valence-corrected chi connectivity index (χ3v) is 2.13. The highest BCUT2D eigenvalue weighted by atomic mass is 16.4. The number of nitrogens with one attached hydrogen (secondary N) is 1. The summed E-state index contributed by atoms with van der Waals surface area (Å²) in [6.07, 6.45) is -0.299. The Balaban J connectivity index is 2.63. The minimum atomic E-state index is -1.07. The third kappa shape index (κ3) is 1.44. The number of hydrazine groups is 1. The van der Waals surface area contributed by atoms with E-state index < -0.39 is 11.6 Å². The summed E-state index contributed by atoms with van der Waals surface area (Å²) in [5, 5.41) is 12.5. The van der Waals surface area contributed by atoms with Gasteiger partial charge in [0.1, 0.15) is 0 Å². The van der Waals surface area contributed by atoms with Crippen LogP contribution >= 0.6 is 0 Å². The lowest BCUT2D eigenvalue weighted by atomic mass is 10.0. The predicted molar refractivity (Wildman–Crippen MR) is 39.9 cm³/mol. The molecule has 0 aliphatic carbocycles. The fourth-order valence-corrected chi connectivity index (χ4v) is 1.24. The lowest BCUT2D eigenvalue weighted by molar-refractivity contribution is 0.0928. The number of nitrogens with two attached hydrogens (primary N) is 1. The summed E-state index contributed by atoms with van der Waals surface area (Å²) in [5.41, 5.74) is -0.425. The van der Waals surface area contributed by atoms with Crippen molar-refractivity contribution in [3.8, 4) is 0 Å². The molecule has 1 fully saturated rings. The summed E-state index contributed by atoms with van der Waals surface area (Å²) < 4.78 is 0. The second kappa shape index (κ2) is 2.67. The molecule has 0 spiro atoms. The van der Waals surface area contributed by atoms with Gasteiger partial charge in [0, 0.05) is 6.54 Å². The number of nitrogens with zero attached hydrogens (tertiary/aromatic N) is 1. The van der Waals surface area contributed by atoms with Gasteiger partial charge in [0.05, 0.1) is 5.54 Å². The molecule has 4 N–H and O–H groups in total. The molecule has 1 atom stereocenters. The highest BCUT2D eigenvalue weighted by Crippen LogP contribution is 2.19. The molecule has 1 amide bonds. The first-order valence-electron chi connectivity index (χ1n) is 3.55. The minimum Gasteiger partial charge on any atom is -0.464 e. The molecule has 1 aliphatic heterocycles. The minimum absolute atomic E-state index is 0.425. The van der Waals surface area contributed by atoms with E-state index in [0.717, 1.165) is 18.0 Å². The van der Waals surface area contributed by atoms with Gasteiger partial charge in [-0.25, -0.2) is 15.6 Å². The Morgan fingerprint density at radius 3 is 2.82 bits per heavy atom. The van der Waals surface area contributed by atoms with Crippen LogP contribution in [-0.4, -0.2) is 34.8 Å². The molecule has 5 heteroatoms. The van der Waals surface area contributed by atoms with E-state index >= 15 is 0 Å². The van der Waals surface area contributed by atoms with Crippen molar-refractivity contribution in [2.24, 2.45) is 5.84 Å². The van der Waals surface area contributed by atoms with Crippen molar-refractivity contribution in [3.63, 3.8) is 0 Å². The number of hydrogen-bond donors (Lipinski definition) is 3. The van der Waals surface area contributed by atoms with Crippen LogP contribution in [0.5, 0.6) is 0 Å². The summed E-state index contributed by atoms with van der Waals surface area (Å²) in [7, 11) is 0. The molecule has 0 radical (unpaired) electrons. The van der Waals surface area contributed by atoms with Crippen LogP contribution in [0.15, 0.2) is 0 Å². The highest BCUT2D eigenvalue weighted by Gasteiger charge is 2.36. The molecule has 0 bridgehead atoms. The SMILES string of the molecule is CC1(N(N)C(=O)O)CCNC1. The first kappa shape index (κ1) is 8.29. The molecule has 0 aromatic carbocycles. The summed E-state index contributed by atoms with van der Waals surface area (Å²) in [6.45, 7) is 3.30. The summed E-state index contributed by atoms with van der Waals surface area (Å²) >= 11 is 0. The second-order valence-corrected chi connectivity index (χ2v) is 3.08. The average Bonchev–Trinajstić information content (AvgIpc) is 2.35. The van der Waals surface area contributed by atoms with Gasteiger partial charge < -0.3 is 10.4 Å². The van der Waals surface area contributed by atoms with Crippen molar-refractivity contribution in [3.05, 3.63) is 0 Å². The van der Waals surface area contributed by atoms with E-state index in [1.807, 2.05) is 6.92 Å². The van der Waals surface area contributed by atoms with Crippen LogP contribution in [0.2, 0.25) is 0 Å². The molecule has 1 heterocycles. The maximum atomic E-state index is 10.5. The van der Waals surface area contributed by atoms with Crippen molar-refractivity contribution in [1.29, 1.82) is 0 Å². The second-order valence-electron chi connectivity index (χ2n) is 3.08. The van der Waals surface area contributed by atoms with Crippen molar-refractivity contribution in [1.82, 2.24) is 10.3 Å². The largest absolute Gasteiger partial charge is 0.464 e. The quantitative estimate of drug-likeness (QED) is 0.276. The molecule has 11 heavy (non-hydrogen) atoms. The zero-order valence-corrected chi connectivity index (χ0v) is 6.50. The first-order valence-corrected chi connectivity index (χ1v) is 3.55. The van der Waals surface area contributed by atoms with E-state index in [-0.39, 0.29) is 0 Å². The lowest BCUT2D eigenvalue weighted by Gasteiger charge is -2.31. The van der Waals surface area contributed by atoms with E-state index in [0.29, 0.717) is 6.54 Å². The summed E-state index contributed by atoms with van der Waals surface area (Å²) in [4.78, 5) is 10.5. The molecule has 1 unspecified atom stereocenters. The molecule has 64 valence electrons. The summed E-state index contributed by atoms with van der Waals surface area (Å²) in [5.74, 6) is 5.35. The highest BCUT2D eigenvalue weighted by molar-refractivity contribution is 5.65. The molecule has 5 nitrogen and oxygen atoms in total. The Bertz CT molecular complexity index is 165. The van der Waals surface area contributed by atoms with Gasteiger partial charge in [-0.2, -0.15) is 0 Å². The first-order chi connectivity index (χ1) is 5.06. The maximum Gasteiger partial charge on any atom is 0.422 e. The van der Waals surface area contributed by atoms with Crippen LogP contribution in [-0.2, 0) is 0 Å². The van der Waals surface area contributed by atoms with Gasteiger partial charge in [0.2, 0.25) is 0 Å². The smallest absolute Gasteiger partial charge is 0.422 e. The molecule has 0 saturated carbocycles. The Kier molecular flexibility index (Phi) is 2.01. The zero-order chi connectivity index (χ0) is 8.48. The third-order valence-electron chi connectivity index (χ3n) is 2.13. The van der Waals surface area contributed by atoms with Crippen LogP contribution in [0, 0.1) is 0 Å². The van der Waals surface area contributed by atoms with Gasteiger partial charge in [0.15, 0.2) is 0 Å². The van der Waals surface area contributed by atoms with Gasteiger partial charge in [-0.1, -0.05) is 0 Å². The number of hydrogen-bond acceptors (Lipinski definition) is 3. The Labute approximate surface area is 65.1 Å². The molecule has 1 rings (SSSR count). The van der Waals surface area contributed by atoms with Crippen LogP contribution in [0.3, 0.4) is 0 Å². The molecule has 0 aromatic rings. The standard InChI is InChI=1S/C6H13N3O2/c1-6(2-3-8-4-6)9(7)5(10)11/h8H,2-4,7H2,1H3,(H,10,11). The number of carbonyl (C=O) groups is 1.